The highest BCUT2D eigenvalue weighted by molar-refractivity contribution is 6.06. The normalized spacial score (nSPS) is 21.5. The molecule has 1 unspecified atom stereocenters. The lowest BCUT2D eigenvalue weighted by Gasteiger charge is -2.35. The van der Waals surface area contributed by atoms with Crippen LogP contribution in [0.3, 0.4) is 0 Å². The fourth-order valence-electron chi connectivity index (χ4n) is 6.73. The summed E-state index contributed by atoms with van der Waals surface area (Å²) in [6.07, 6.45) is 3.42. The monoisotopic (exact) mass is 525 g/mol. The van der Waals surface area contributed by atoms with E-state index in [1.807, 2.05) is 89.4 Å². The van der Waals surface area contributed by atoms with Crippen molar-refractivity contribution in [2.75, 3.05) is 32.7 Å². The van der Waals surface area contributed by atoms with Crippen LogP contribution in [-0.4, -0.2) is 58.1 Å². The molecule has 6 rings (SSSR count). The topological polar surface area (TPSA) is 48.7 Å². The molecule has 39 heavy (non-hydrogen) atoms. The summed E-state index contributed by atoms with van der Waals surface area (Å²) in [6.45, 7) is 3.94. The van der Waals surface area contributed by atoms with Gasteiger partial charge in [0.25, 0.3) is 5.91 Å². The first-order chi connectivity index (χ1) is 19.0. The van der Waals surface area contributed by atoms with Crippen LogP contribution in [0.4, 0.5) is 4.39 Å². The molecular weight excluding hydrogens is 489 g/mol. The fraction of sp³-hybridized carbons (Fsp3) is 0.364. The molecular formula is C33H36FN3O2. The van der Waals surface area contributed by atoms with Crippen LogP contribution in [0.1, 0.15) is 46.3 Å². The number of amides is 1. The van der Waals surface area contributed by atoms with Gasteiger partial charge in [0.2, 0.25) is 0 Å². The molecule has 2 fully saturated rings. The van der Waals surface area contributed by atoms with Crippen molar-refractivity contribution in [2.24, 2.45) is 18.9 Å². The van der Waals surface area contributed by atoms with Crippen molar-refractivity contribution in [3.8, 4) is 0 Å². The van der Waals surface area contributed by atoms with Crippen LogP contribution in [0, 0.1) is 17.7 Å². The molecule has 0 radical (unpaired) electrons. The van der Waals surface area contributed by atoms with Crippen molar-refractivity contribution >= 4 is 16.8 Å². The molecule has 1 aromatic heterocycles. The molecule has 0 saturated carbocycles. The van der Waals surface area contributed by atoms with Gasteiger partial charge in [-0.2, -0.15) is 0 Å². The molecule has 2 aliphatic heterocycles. The van der Waals surface area contributed by atoms with Gasteiger partial charge in [0.1, 0.15) is 5.82 Å². The number of rotatable bonds is 6. The number of aryl methyl sites for hydroxylation is 1. The van der Waals surface area contributed by atoms with Crippen LogP contribution in [0.15, 0.2) is 85.1 Å². The molecule has 1 N–H and O–H groups in total. The lowest BCUT2D eigenvalue weighted by molar-refractivity contribution is 0.0701. The van der Waals surface area contributed by atoms with Crippen molar-refractivity contribution in [3.05, 3.63) is 108 Å². The Morgan fingerprint density at radius 3 is 2.44 bits per heavy atom. The van der Waals surface area contributed by atoms with Crippen LogP contribution in [-0.2, 0) is 7.05 Å². The van der Waals surface area contributed by atoms with E-state index in [0.717, 1.165) is 48.9 Å². The maximum atomic E-state index is 13.9. The molecule has 0 bridgehead atoms. The number of hydrogen-bond acceptors (Lipinski definition) is 3. The Kier molecular flexibility index (Phi) is 7.24. The van der Waals surface area contributed by atoms with Crippen LogP contribution >= 0.6 is 0 Å². The summed E-state index contributed by atoms with van der Waals surface area (Å²) in [5.74, 6) is 0.408. The lowest BCUT2D eigenvalue weighted by Crippen LogP contribution is -2.39. The van der Waals surface area contributed by atoms with Crippen molar-refractivity contribution in [2.45, 2.75) is 24.9 Å². The first-order valence-electron chi connectivity index (χ1n) is 14.0. The zero-order valence-electron chi connectivity index (χ0n) is 22.4. The number of aliphatic hydroxyl groups excluding tert-OH is 1. The number of carbonyl (C=O) groups is 1. The zero-order valence-corrected chi connectivity index (χ0v) is 22.4. The van der Waals surface area contributed by atoms with Gasteiger partial charge in [0.05, 0.1) is 17.2 Å². The van der Waals surface area contributed by atoms with Gasteiger partial charge >= 0.3 is 0 Å². The van der Waals surface area contributed by atoms with Gasteiger partial charge in [-0.05, 0) is 73.2 Å². The van der Waals surface area contributed by atoms with E-state index < -0.39 is 6.10 Å². The second-order valence-corrected chi connectivity index (χ2v) is 11.3. The average molecular weight is 526 g/mol. The fourth-order valence-corrected chi connectivity index (χ4v) is 6.73. The number of piperidine rings is 1. The van der Waals surface area contributed by atoms with Gasteiger partial charge in [-0.15, -0.1) is 0 Å². The predicted molar refractivity (Wildman–Crippen MR) is 152 cm³/mol. The molecule has 4 aromatic rings. The number of benzene rings is 3. The van der Waals surface area contributed by atoms with Gasteiger partial charge in [-0.1, -0.05) is 54.6 Å². The number of aliphatic hydroxyl groups is 1. The molecule has 0 spiro atoms. The standard InChI is InChI=1S/C33H36FN3O2/c1-35-17-14-25-8-5-9-29(31(25)35)33(39)37-21-27(30(22-37)32(38)26-6-3-2-4-7-26)20-36-18-15-24(16-19-36)23-10-12-28(34)13-11-23/h2-14,17,24,27,30,32,38H,15-16,18-22H2,1H3/t27-,30-,32?/m1/s1. The Balaban J connectivity index is 1.20. The van der Waals surface area contributed by atoms with E-state index in [0.29, 0.717) is 24.6 Å². The maximum Gasteiger partial charge on any atom is 0.256 e. The zero-order chi connectivity index (χ0) is 26.9. The quantitative estimate of drug-likeness (QED) is 0.356. The van der Waals surface area contributed by atoms with E-state index >= 15 is 0 Å². The number of nitrogens with zero attached hydrogens (tertiary/aromatic N) is 3. The predicted octanol–water partition coefficient (Wildman–Crippen LogP) is 5.62. The molecule has 2 saturated heterocycles. The van der Waals surface area contributed by atoms with Crippen LogP contribution < -0.4 is 0 Å². The maximum absolute atomic E-state index is 13.9. The second-order valence-electron chi connectivity index (χ2n) is 11.3. The summed E-state index contributed by atoms with van der Waals surface area (Å²) < 4.78 is 15.4. The lowest BCUT2D eigenvalue weighted by atomic mass is 9.85. The van der Waals surface area contributed by atoms with Crippen molar-refractivity contribution in [3.63, 3.8) is 0 Å². The second kappa shape index (κ2) is 10.9. The Bertz CT molecular complexity index is 1430. The Morgan fingerprint density at radius 2 is 1.69 bits per heavy atom. The molecule has 0 aliphatic carbocycles. The first-order valence-corrected chi connectivity index (χ1v) is 14.0. The van der Waals surface area contributed by atoms with Crippen molar-refractivity contribution in [1.82, 2.24) is 14.4 Å². The SMILES string of the molecule is Cn1ccc2cccc(C(=O)N3C[C@@H](CN4CCC(c5ccc(F)cc5)CC4)[C@H](C(O)c4ccccc4)C3)c21. The molecule has 6 heteroatoms. The van der Waals surface area contributed by atoms with E-state index in [4.69, 9.17) is 0 Å². The van der Waals surface area contributed by atoms with Crippen LogP contribution in [0.5, 0.6) is 0 Å². The van der Waals surface area contributed by atoms with E-state index in [2.05, 4.69) is 4.90 Å². The Morgan fingerprint density at radius 1 is 0.949 bits per heavy atom. The number of aromatic nitrogens is 1. The Hall–Kier alpha value is -3.48. The smallest absolute Gasteiger partial charge is 0.256 e. The number of carbonyl (C=O) groups excluding carboxylic acids is 1. The summed E-state index contributed by atoms with van der Waals surface area (Å²) in [6, 6.07) is 24.7. The highest BCUT2D eigenvalue weighted by atomic mass is 19.1. The molecule has 3 atom stereocenters. The van der Waals surface area contributed by atoms with Gasteiger partial charge in [0, 0.05) is 44.2 Å². The summed E-state index contributed by atoms with van der Waals surface area (Å²) >= 11 is 0. The third-order valence-corrected chi connectivity index (χ3v) is 8.88. The molecule has 202 valence electrons. The third-order valence-electron chi connectivity index (χ3n) is 8.88. The molecule has 1 amide bonds. The number of hydrogen-bond donors (Lipinski definition) is 1. The summed E-state index contributed by atoms with van der Waals surface area (Å²) in [7, 11) is 1.98. The minimum absolute atomic E-state index is 0.0326. The summed E-state index contributed by atoms with van der Waals surface area (Å²) in [5.41, 5.74) is 3.78. The highest BCUT2D eigenvalue weighted by Gasteiger charge is 2.41. The number of halogens is 1. The van der Waals surface area contributed by atoms with E-state index in [9.17, 15) is 14.3 Å². The van der Waals surface area contributed by atoms with E-state index in [-0.39, 0.29) is 23.6 Å². The van der Waals surface area contributed by atoms with Crippen molar-refractivity contribution in [1.29, 1.82) is 0 Å². The minimum atomic E-state index is -0.628. The van der Waals surface area contributed by atoms with Crippen LogP contribution in [0.25, 0.3) is 10.9 Å². The Labute approximate surface area is 229 Å². The highest BCUT2D eigenvalue weighted by Crippen LogP contribution is 2.37. The molecule has 3 aromatic carbocycles. The minimum Gasteiger partial charge on any atom is -0.388 e. The average Bonchev–Trinajstić information content (AvgIpc) is 3.57. The molecule has 2 aliphatic rings. The molecule has 5 nitrogen and oxygen atoms in total. The van der Waals surface area contributed by atoms with E-state index in [1.165, 1.54) is 5.56 Å². The van der Waals surface area contributed by atoms with Crippen molar-refractivity contribution < 1.29 is 14.3 Å². The van der Waals surface area contributed by atoms with Crippen LogP contribution in [0.2, 0.25) is 0 Å². The van der Waals surface area contributed by atoms with Gasteiger partial charge in [-0.25, -0.2) is 4.39 Å². The number of para-hydroxylation sites is 1. The van der Waals surface area contributed by atoms with E-state index in [1.54, 1.807) is 12.1 Å². The van der Waals surface area contributed by atoms with Gasteiger partial charge < -0.3 is 19.5 Å². The number of fused-ring (bicyclic) bond motifs is 1. The molecule has 3 heterocycles. The number of likely N-dealkylation sites (tertiary alicyclic amines) is 2. The summed E-state index contributed by atoms with van der Waals surface area (Å²) in [4.78, 5) is 18.3. The van der Waals surface area contributed by atoms with Gasteiger partial charge in [0.15, 0.2) is 0 Å². The van der Waals surface area contributed by atoms with Gasteiger partial charge in [-0.3, -0.25) is 4.79 Å². The first kappa shape index (κ1) is 25.8. The third kappa shape index (κ3) is 5.23. The largest absolute Gasteiger partial charge is 0.388 e. The summed E-state index contributed by atoms with van der Waals surface area (Å²) in [5, 5.41) is 12.6.